The highest BCUT2D eigenvalue weighted by atomic mass is 16.6. The fourth-order valence-electron chi connectivity index (χ4n) is 19.1. The number of hydrogen-bond acceptors (Lipinski definition) is 18. The zero-order valence-corrected chi connectivity index (χ0v) is 95.6. The molecule has 20 heteroatoms. The number of nitrogens with zero attached hydrogens (tertiary/aromatic N) is 5. The minimum atomic E-state index is -0.0595. The summed E-state index contributed by atoms with van der Waals surface area (Å²) in [4.78, 5) is 79.1. The van der Waals surface area contributed by atoms with Crippen LogP contribution in [0.1, 0.15) is 620 Å². The number of aliphatic hydroxyl groups is 1. The summed E-state index contributed by atoms with van der Waals surface area (Å²) in [5.74, 6) is -0.0577. The van der Waals surface area contributed by atoms with Crippen LogP contribution in [-0.4, -0.2) is 176 Å². The third-order valence-electron chi connectivity index (χ3n) is 28.2. The standard InChI is InChI=1S/C48H94N2O6.C47H90N4O4.C27H55NO3/c1-5-8-11-14-17-26-33-43-55-47(52)37-29-22-18-24-31-40-50(42-34-39-49-46(51)44-54-4)41-32-25-19-23-30-38-48(53)56-45(35-27-20-15-12-9-6-2)36-28-21-16-13-10-7-3;1-4-7-10-13-16-25-32-44-54-46(52)36-28-21-17-23-30-39-50(41-33-42-51-43-38-48-49-51)40-31-24-18-22-29-37-47(53)55-45(34-26-19-14-11-8-5-2)35-27-20-15-12-9-6-3;1-3-5-7-9-12-16-20-26(21-17-13-10-8-6-4-2)31-27(30)22-18-14-11-15-19-23-28-24-25-29/h45H,5-44H2,1-4H3,(H,49,51);38,43,45H,4-37,39-42,44H2,1-3H3;26,28-29H,3-25H2,1-2H3. The van der Waals surface area contributed by atoms with Gasteiger partial charge in [-0.2, -0.15) is 0 Å². The summed E-state index contributed by atoms with van der Waals surface area (Å²) in [5.41, 5.74) is 0. The molecule has 0 bridgehead atoms. The Hall–Kier alpha value is -4.24. The highest BCUT2D eigenvalue weighted by Gasteiger charge is 2.20. The molecule has 0 aliphatic heterocycles. The molecule has 0 saturated carbocycles. The van der Waals surface area contributed by atoms with Crippen LogP contribution in [0.2, 0.25) is 0 Å². The van der Waals surface area contributed by atoms with Gasteiger partial charge in [0.2, 0.25) is 5.91 Å². The van der Waals surface area contributed by atoms with E-state index < -0.39 is 0 Å². The first-order chi connectivity index (χ1) is 69.8. The molecule has 20 nitrogen and oxygen atoms in total. The fourth-order valence-corrected chi connectivity index (χ4v) is 19.1. The molecule has 0 radical (unpaired) electrons. The van der Waals surface area contributed by atoms with E-state index in [-0.39, 0.29) is 67.3 Å². The lowest BCUT2D eigenvalue weighted by Gasteiger charge is -2.22. The zero-order valence-electron chi connectivity index (χ0n) is 95.6. The second-order valence-electron chi connectivity index (χ2n) is 42.3. The van der Waals surface area contributed by atoms with Gasteiger partial charge < -0.3 is 54.0 Å². The molecule has 0 aliphatic rings. The first kappa shape index (κ1) is 140. The molecule has 1 amide bonds. The average Bonchev–Trinajstić information content (AvgIpc) is 1.81. The number of aryl methyl sites for hydroxylation is 1. The van der Waals surface area contributed by atoms with Gasteiger partial charge in [0.25, 0.3) is 0 Å². The third-order valence-corrected chi connectivity index (χ3v) is 28.2. The Morgan fingerprint density at radius 1 is 0.282 bits per heavy atom. The Kier molecular flexibility index (Phi) is 117. The summed E-state index contributed by atoms with van der Waals surface area (Å²) >= 11 is 0. The van der Waals surface area contributed by atoms with Crippen LogP contribution >= 0.6 is 0 Å². The van der Waals surface area contributed by atoms with Gasteiger partial charge in [0.1, 0.15) is 24.9 Å². The predicted octanol–water partition coefficient (Wildman–Crippen LogP) is 33.5. The Bertz CT molecular complexity index is 2650. The van der Waals surface area contributed by atoms with Crippen molar-refractivity contribution in [2.45, 2.75) is 645 Å². The van der Waals surface area contributed by atoms with Gasteiger partial charge in [-0.05, 0) is 213 Å². The van der Waals surface area contributed by atoms with Crippen LogP contribution in [0.4, 0.5) is 0 Å². The van der Waals surface area contributed by atoms with Crippen molar-refractivity contribution in [2.75, 3.05) is 92.4 Å². The smallest absolute Gasteiger partial charge is 0.306 e. The molecule has 1 aromatic heterocycles. The molecular weight excluding hydrogens is 1770 g/mol. The summed E-state index contributed by atoms with van der Waals surface area (Å²) in [6.45, 7) is 29.2. The van der Waals surface area contributed by atoms with Crippen LogP contribution in [0.25, 0.3) is 0 Å². The molecule has 1 rings (SSSR count). The lowest BCUT2D eigenvalue weighted by atomic mass is 10.0. The maximum Gasteiger partial charge on any atom is 0.306 e. The monoisotopic (exact) mass is 2010 g/mol. The minimum absolute atomic E-state index is 0.00877. The third kappa shape index (κ3) is 110. The highest BCUT2D eigenvalue weighted by molar-refractivity contribution is 5.77. The number of aliphatic hydroxyl groups excluding tert-OH is 1. The van der Waals surface area contributed by atoms with E-state index in [2.05, 4.69) is 86.1 Å². The van der Waals surface area contributed by atoms with E-state index in [0.29, 0.717) is 58.4 Å². The van der Waals surface area contributed by atoms with Gasteiger partial charge in [-0.15, -0.1) is 5.10 Å². The number of carbonyl (C=O) groups is 6. The second-order valence-corrected chi connectivity index (χ2v) is 42.3. The lowest BCUT2D eigenvalue weighted by molar-refractivity contribution is -0.151. The van der Waals surface area contributed by atoms with Crippen molar-refractivity contribution in [3.05, 3.63) is 12.4 Å². The first-order valence-electron chi connectivity index (χ1n) is 62.0. The zero-order chi connectivity index (χ0) is 104. The molecule has 142 heavy (non-hydrogen) atoms. The maximum atomic E-state index is 12.8. The molecule has 0 spiro atoms. The molecule has 0 aromatic carbocycles. The molecule has 840 valence electrons. The number of aromatic nitrogens is 3. The van der Waals surface area contributed by atoms with Gasteiger partial charge in [-0.25, -0.2) is 0 Å². The fraction of sp³-hybridized carbons (Fsp3) is 0.934. The summed E-state index contributed by atoms with van der Waals surface area (Å²) in [5, 5.41) is 23.0. The summed E-state index contributed by atoms with van der Waals surface area (Å²) in [7, 11) is 1.54. The number of carbonyl (C=O) groups excluding carboxylic acids is 6. The molecule has 1 aromatic rings. The Labute approximate surface area is 878 Å². The number of hydrogen-bond donors (Lipinski definition) is 3. The number of ether oxygens (including phenoxy) is 6. The molecule has 1 heterocycles. The van der Waals surface area contributed by atoms with Crippen molar-refractivity contribution in [1.82, 2.24) is 35.4 Å². The van der Waals surface area contributed by atoms with Crippen LogP contribution in [0.5, 0.6) is 0 Å². The van der Waals surface area contributed by atoms with Gasteiger partial charge in [-0.1, -0.05) is 427 Å². The van der Waals surface area contributed by atoms with Crippen LogP contribution in [0.15, 0.2) is 12.4 Å². The van der Waals surface area contributed by atoms with Gasteiger partial charge in [0.15, 0.2) is 0 Å². The van der Waals surface area contributed by atoms with Crippen molar-refractivity contribution < 1.29 is 62.3 Å². The van der Waals surface area contributed by atoms with E-state index >= 15 is 0 Å². The van der Waals surface area contributed by atoms with E-state index in [0.717, 1.165) is 219 Å². The van der Waals surface area contributed by atoms with Gasteiger partial charge >= 0.3 is 29.8 Å². The SMILES string of the molecule is CCCCCCCCC(CCCCCCCC)OC(=O)CCCCCCCNCCO.CCCCCCCCCOC(=O)CCCCCCCN(CCCCCCCC(=O)OC(CCCCCCCC)CCCCCCCC)CCCNC(=O)COC.CCCCCCCCCOC(=O)CCCCCCCN(CCCCCCCC(=O)OC(CCCCCCCC)CCCCCCCC)CCCn1ccnn1. The van der Waals surface area contributed by atoms with Gasteiger partial charge in [0, 0.05) is 65.0 Å². The van der Waals surface area contributed by atoms with Crippen molar-refractivity contribution in [3.63, 3.8) is 0 Å². The van der Waals surface area contributed by atoms with E-state index in [1.54, 1.807) is 13.3 Å². The van der Waals surface area contributed by atoms with Crippen molar-refractivity contribution in [2.24, 2.45) is 0 Å². The van der Waals surface area contributed by atoms with Crippen LogP contribution in [-0.2, 0) is 63.7 Å². The minimum Gasteiger partial charge on any atom is -0.466 e. The first-order valence-corrected chi connectivity index (χ1v) is 62.0. The van der Waals surface area contributed by atoms with Crippen LogP contribution < -0.4 is 10.6 Å². The Morgan fingerprint density at radius 3 is 0.803 bits per heavy atom. The van der Waals surface area contributed by atoms with Gasteiger partial charge in [0.05, 0.1) is 26.0 Å². The summed E-state index contributed by atoms with van der Waals surface area (Å²) in [6, 6.07) is 0. The summed E-state index contributed by atoms with van der Waals surface area (Å²) < 4.78 is 35.8. The average molecular weight is 2010 g/mol. The van der Waals surface area contributed by atoms with E-state index in [9.17, 15) is 28.8 Å². The number of amides is 1. The van der Waals surface area contributed by atoms with E-state index in [1.165, 1.54) is 366 Å². The molecule has 0 unspecified atom stereocenters. The van der Waals surface area contributed by atoms with Crippen LogP contribution in [0, 0.1) is 0 Å². The summed E-state index contributed by atoms with van der Waals surface area (Å²) in [6.07, 6.45) is 106. The maximum absolute atomic E-state index is 12.8. The Balaban J connectivity index is 0. The van der Waals surface area contributed by atoms with Gasteiger partial charge in [-0.3, -0.25) is 33.4 Å². The van der Waals surface area contributed by atoms with Crippen molar-refractivity contribution in [1.29, 1.82) is 0 Å². The molecular formula is C122H239N7O13. The largest absolute Gasteiger partial charge is 0.466 e. The number of nitrogens with one attached hydrogen (secondary N) is 2. The molecule has 0 saturated heterocycles. The predicted molar refractivity (Wildman–Crippen MR) is 601 cm³/mol. The highest BCUT2D eigenvalue weighted by Crippen LogP contribution is 2.25. The topological polar surface area (TPSA) is 239 Å². The lowest BCUT2D eigenvalue weighted by Crippen LogP contribution is -2.32. The quantitative estimate of drug-likeness (QED) is 0.0312. The van der Waals surface area contributed by atoms with Crippen molar-refractivity contribution >= 4 is 35.8 Å². The Morgan fingerprint density at radius 2 is 0.528 bits per heavy atom. The van der Waals surface area contributed by atoms with Crippen LogP contribution in [0.3, 0.4) is 0 Å². The number of methoxy groups -OCH3 is 1. The molecule has 0 atom stereocenters. The van der Waals surface area contributed by atoms with E-state index in [1.807, 2.05) is 10.9 Å². The molecule has 3 N–H and O–H groups in total. The second kappa shape index (κ2) is 119. The number of esters is 5. The molecule has 0 aliphatic carbocycles. The normalized spacial score (nSPS) is 11.5. The number of rotatable bonds is 113. The number of unbranched alkanes of at least 4 members (excludes halogenated alkanes) is 62. The molecule has 0 fully saturated rings. The van der Waals surface area contributed by atoms with Crippen molar-refractivity contribution in [3.8, 4) is 0 Å². The van der Waals surface area contributed by atoms with E-state index in [4.69, 9.17) is 33.5 Å².